The topological polar surface area (TPSA) is 43.8 Å². The molecular weight excluding hydrogens is 246 g/mol. The van der Waals surface area contributed by atoms with Crippen LogP contribution in [0.15, 0.2) is 18.2 Å². The SMILES string of the molecule is CCn1c(C2CCCCC2CN)nc2cc(C)ccc21. The summed E-state index contributed by atoms with van der Waals surface area (Å²) in [6, 6.07) is 6.59. The zero-order valence-electron chi connectivity index (χ0n) is 12.6. The van der Waals surface area contributed by atoms with Gasteiger partial charge in [0.2, 0.25) is 0 Å². The van der Waals surface area contributed by atoms with Gasteiger partial charge in [-0.1, -0.05) is 18.9 Å². The second-order valence-electron chi connectivity index (χ2n) is 6.09. The lowest BCUT2D eigenvalue weighted by atomic mass is 9.78. The van der Waals surface area contributed by atoms with Gasteiger partial charge in [0.15, 0.2) is 0 Å². The van der Waals surface area contributed by atoms with E-state index in [1.165, 1.54) is 42.6 Å². The molecule has 2 unspecified atom stereocenters. The number of benzene rings is 1. The van der Waals surface area contributed by atoms with Crippen molar-refractivity contribution < 1.29 is 0 Å². The molecule has 1 fully saturated rings. The van der Waals surface area contributed by atoms with Crippen molar-refractivity contribution in [3.05, 3.63) is 29.6 Å². The third kappa shape index (κ3) is 2.24. The Morgan fingerprint density at radius 3 is 2.85 bits per heavy atom. The fourth-order valence-corrected chi connectivity index (χ4v) is 3.70. The average molecular weight is 271 g/mol. The van der Waals surface area contributed by atoms with Crippen LogP contribution in [0.4, 0.5) is 0 Å². The van der Waals surface area contributed by atoms with E-state index in [1.807, 2.05) is 0 Å². The molecule has 20 heavy (non-hydrogen) atoms. The highest BCUT2D eigenvalue weighted by atomic mass is 15.1. The van der Waals surface area contributed by atoms with E-state index in [2.05, 4.69) is 36.6 Å². The Labute approximate surface area is 121 Å². The summed E-state index contributed by atoms with van der Waals surface area (Å²) in [6.07, 6.45) is 5.13. The molecule has 1 aromatic carbocycles. The molecule has 1 aromatic heterocycles. The Kier molecular flexibility index (Phi) is 3.79. The Bertz CT molecular complexity index is 600. The van der Waals surface area contributed by atoms with Crippen LogP contribution in [-0.4, -0.2) is 16.1 Å². The predicted molar refractivity (Wildman–Crippen MR) is 83.9 cm³/mol. The molecule has 0 amide bonds. The van der Waals surface area contributed by atoms with Gasteiger partial charge in [0.1, 0.15) is 5.82 Å². The average Bonchev–Trinajstić information content (AvgIpc) is 2.84. The number of nitrogens with zero attached hydrogens (tertiary/aromatic N) is 2. The molecule has 2 atom stereocenters. The molecule has 1 aliphatic carbocycles. The lowest BCUT2D eigenvalue weighted by Crippen LogP contribution is -2.27. The highest BCUT2D eigenvalue weighted by molar-refractivity contribution is 5.77. The summed E-state index contributed by atoms with van der Waals surface area (Å²) in [5.41, 5.74) is 9.70. The molecule has 108 valence electrons. The van der Waals surface area contributed by atoms with Crippen LogP contribution in [0.5, 0.6) is 0 Å². The van der Waals surface area contributed by atoms with Gasteiger partial charge in [-0.3, -0.25) is 0 Å². The van der Waals surface area contributed by atoms with Crippen molar-refractivity contribution >= 4 is 11.0 Å². The highest BCUT2D eigenvalue weighted by Crippen LogP contribution is 2.38. The Morgan fingerprint density at radius 1 is 1.30 bits per heavy atom. The van der Waals surface area contributed by atoms with Gasteiger partial charge in [-0.25, -0.2) is 4.98 Å². The molecule has 3 nitrogen and oxygen atoms in total. The summed E-state index contributed by atoms with van der Waals surface area (Å²) in [5, 5.41) is 0. The highest BCUT2D eigenvalue weighted by Gasteiger charge is 2.29. The first-order chi connectivity index (χ1) is 9.74. The molecule has 0 spiro atoms. The minimum Gasteiger partial charge on any atom is -0.330 e. The summed E-state index contributed by atoms with van der Waals surface area (Å²) >= 11 is 0. The Hall–Kier alpha value is -1.35. The van der Waals surface area contributed by atoms with Crippen LogP contribution in [0.2, 0.25) is 0 Å². The number of rotatable bonds is 3. The quantitative estimate of drug-likeness (QED) is 0.927. The number of aromatic nitrogens is 2. The summed E-state index contributed by atoms with van der Waals surface area (Å²) < 4.78 is 2.40. The summed E-state index contributed by atoms with van der Waals surface area (Å²) in [4.78, 5) is 4.97. The van der Waals surface area contributed by atoms with Crippen molar-refractivity contribution in [3.8, 4) is 0 Å². The Morgan fingerprint density at radius 2 is 2.10 bits per heavy atom. The molecule has 1 saturated carbocycles. The van der Waals surface area contributed by atoms with Gasteiger partial charge in [-0.05, 0) is 56.8 Å². The number of nitrogens with two attached hydrogens (primary N) is 1. The van der Waals surface area contributed by atoms with Crippen molar-refractivity contribution in [1.29, 1.82) is 0 Å². The predicted octanol–water partition coefficient (Wildman–Crippen LogP) is 3.60. The van der Waals surface area contributed by atoms with E-state index in [0.29, 0.717) is 11.8 Å². The van der Waals surface area contributed by atoms with Gasteiger partial charge in [0.25, 0.3) is 0 Å². The van der Waals surface area contributed by atoms with E-state index < -0.39 is 0 Å². The summed E-state index contributed by atoms with van der Waals surface area (Å²) in [6.45, 7) is 6.12. The first-order valence-electron chi connectivity index (χ1n) is 7.91. The standard InChI is InChI=1S/C17H25N3/c1-3-20-16-9-8-12(2)10-15(16)19-17(20)14-7-5-4-6-13(14)11-18/h8-10,13-14H,3-7,11,18H2,1-2H3. The van der Waals surface area contributed by atoms with Crippen molar-refractivity contribution in [2.24, 2.45) is 11.7 Å². The van der Waals surface area contributed by atoms with Crippen LogP contribution in [0.25, 0.3) is 11.0 Å². The van der Waals surface area contributed by atoms with Crippen molar-refractivity contribution in [2.75, 3.05) is 6.54 Å². The number of imidazole rings is 1. The molecule has 3 heteroatoms. The molecular formula is C17H25N3. The van der Waals surface area contributed by atoms with Crippen LogP contribution in [0, 0.1) is 12.8 Å². The molecule has 0 radical (unpaired) electrons. The smallest absolute Gasteiger partial charge is 0.113 e. The van der Waals surface area contributed by atoms with Crippen molar-refractivity contribution in [2.45, 2.75) is 52.0 Å². The number of fused-ring (bicyclic) bond motifs is 1. The zero-order chi connectivity index (χ0) is 14.1. The van der Waals surface area contributed by atoms with Crippen LogP contribution < -0.4 is 5.73 Å². The van der Waals surface area contributed by atoms with Gasteiger partial charge in [-0.2, -0.15) is 0 Å². The van der Waals surface area contributed by atoms with Gasteiger partial charge >= 0.3 is 0 Å². The van der Waals surface area contributed by atoms with E-state index in [4.69, 9.17) is 10.7 Å². The van der Waals surface area contributed by atoms with Crippen LogP contribution in [0.3, 0.4) is 0 Å². The van der Waals surface area contributed by atoms with Crippen LogP contribution in [-0.2, 0) is 6.54 Å². The first kappa shape index (κ1) is 13.6. The van der Waals surface area contributed by atoms with Crippen molar-refractivity contribution in [3.63, 3.8) is 0 Å². The van der Waals surface area contributed by atoms with Crippen LogP contribution in [0.1, 0.15) is 49.9 Å². The maximum absolute atomic E-state index is 6.00. The fraction of sp³-hybridized carbons (Fsp3) is 0.588. The molecule has 2 N–H and O–H groups in total. The summed E-state index contributed by atoms with van der Waals surface area (Å²) in [5.74, 6) is 2.41. The lowest BCUT2D eigenvalue weighted by molar-refractivity contribution is 0.299. The first-order valence-corrected chi connectivity index (χ1v) is 7.91. The van der Waals surface area contributed by atoms with Gasteiger partial charge in [-0.15, -0.1) is 0 Å². The fourth-order valence-electron chi connectivity index (χ4n) is 3.70. The second kappa shape index (κ2) is 5.57. The molecule has 3 rings (SSSR count). The lowest BCUT2D eigenvalue weighted by Gasteiger charge is -2.30. The van der Waals surface area contributed by atoms with Crippen molar-refractivity contribution in [1.82, 2.24) is 9.55 Å². The molecule has 0 saturated heterocycles. The number of aryl methyl sites for hydroxylation is 2. The van der Waals surface area contributed by atoms with E-state index in [9.17, 15) is 0 Å². The van der Waals surface area contributed by atoms with E-state index in [-0.39, 0.29) is 0 Å². The number of hydrogen-bond acceptors (Lipinski definition) is 2. The number of hydrogen-bond donors (Lipinski definition) is 1. The maximum atomic E-state index is 6.00. The van der Waals surface area contributed by atoms with E-state index >= 15 is 0 Å². The van der Waals surface area contributed by atoms with E-state index in [1.54, 1.807) is 0 Å². The minimum absolute atomic E-state index is 0.543. The molecule has 0 bridgehead atoms. The largest absolute Gasteiger partial charge is 0.330 e. The van der Waals surface area contributed by atoms with Gasteiger partial charge in [0.05, 0.1) is 11.0 Å². The summed E-state index contributed by atoms with van der Waals surface area (Å²) in [7, 11) is 0. The molecule has 0 aliphatic heterocycles. The third-order valence-corrected chi connectivity index (χ3v) is 4.79. The molecule has 1 aliphatic rings. The Balaban J connectivity index is 2.09. The molecule has 1 heterocycles. The minimum atomic E-state index is 0.543. The van der Waals surface area contributed by atoms with Gasteiger partial charge in [0, 0.05) is 12.5 Å². The zero-order valence-corrected chi connectivity index (χ0v) is 12.6. The van der Waals surface area contributed by atoms with E-state index in [0.717, 1.165) is 18.6 Å². The monoisotopic (exact) mass is 271 g/mol. The van der Waals surface area contributed by atoms with Gasteiger partial charge < -0.3 is 10.3 Å². The maximum Gasteiger partial charge on any atom is 0.113 e. The van der Waals surface area contributed by atoms with Crippen LogP contribution >= 0.6 is 0 Å². The normalized spacial score (nSPS) is 23.4. The molecule has 2 aromatic rings. The third-order valence-electron chi connectivity index (χ3n) is 4.79. The second-order valence-corrected chi connectivity index (χ2v) is 6.09.